The standard InChI is InChI=1S/C16H38NSi/c1-7-10-11-12-13-14-15-17(8-2,9-3)16-18(4,5)6/h7-16H2,1-6H3/q+1. The monoisotopic (exact) mass is 272 g/mol. The van der Waals surface area contributed by atoms with E-state index in [1.165, 1.54) is 68.8 Å². The highest BCUT2D eigenvalue weighted by Crippen LogP contribution is 2.16. The third-order valence-electron chi connectivity index (χ3n) is 4.14. The van der Waals surface area contributed by atoms with Crippen LogP contribution < -0.4 is 0 Å². The zero-order valence-electron chi connectivity index (χ0n) is 14.0. The Morgan fingerprint density at radius 3 is 1.67 bits per heavy atom. The zero-order chi connectivity index (χ0) is 14.1. The molecule has 0 rings (SSSR count). The predicted octanol–water partition coefficient (Wildman–Crippen LogP) is 5.08. The molecule has 0 aromatic rings. The molecular weight excluding hydrogens is 234 g/mol. The Labute approximate surface area is 118 Å². The average molecular weight is 273 g/mol. The Morgan fingerprint density at radius 1 is 0.722 bits per heavy atom. The molecule has 0 fully saturated rings. The van der Waals surface area contributed by atoms with Crippen LogP contribution in [0, 0.1) is 0 Å². The quantitative estimate of drug-likeness (QED) is 0.279. The molecule has 0 radical (unpaired) electrons. The van der Waals surface area contributed by atoms with E-state index in [-0.39, 0.29) is 0 Å². The van der Waals surface area contributed by atoms with Crippen molar-refractivity contribution in [3.63, 3.8) is 0 Å². The van der Waals surface area contributed by atoms with Gasteiger partial charge in [-0.3, -0.25) is 0 Å². The van der Waals surface area contributed by atoms with Crippen molar-refractivity contribution >= 4 is 8.07 Å². The zero-order valence-corrected chi connectivity index (χ0v) is 15.0. The van der Waals surface area contributed by atoms with Crippen molar-refractivity contribution in [1.29, 1.82) is 0 Å². The molecule has 0 bridgehead atoms. The van der Waals surface area contributed by atoms with Crippen LogP contribution in [-0.2, 0) is 0 Å². The van der Waals surface area contributed by atoms with E-state index in [9.17, 15) is 0 Å². The summed E-state index contributed by atoms with van der Waals surface area (Å²) in [5, 5.41) is 0. The Hall–Kier alpha value is 0.177. The van der Waals surface area contributed by atoms with Gasteiger partial charge >= 0.3 is 0 Å². The summed E-state index contributed by atoms with van der Waals surface area (Å²) >= 11 is 0. The van der Waals surface area contributed by atoms with Crippen molar-refractivity contribution in [2.75, 3.05) is 25.8 Å². The first-order valence-electron chi connectivity index (χ1n) is 8.24. The first-order chi connectivity index (χ1) is 8.39. The summed E-state index contributed by atoms with van der Waals surface area (Å²) in [6, 6.07) is 0. The highest BCUT2D eigenvalue weighted by molar-refractivity contribution is 6.76. The van der Waals surface area contributed by atoms with Crippen molar-refractivity contribution in [2.24, 2.45) is 0 Å². The van der Waals surface area contributed by atoms with Crippen LogP contribution in [0.15, 0.2) is 0 Å². The van der Waals surface area contributed by atoms with Crippen molar-refractivity contribution in [2.45, 2.75) is 78.9 Å². The average Bonchev–Trinajstić information content (AvgIpc) is 2.30. The van der Waals surface area contributed by atoms with Crippen LogP contribution in [0.25, 0.3) is 0 Å². The van der Waals surface area contributed by atoms with Crippen molar-refractivity contribution in [3.8, 4) is 0 Å². The Balaban J connectivity index is 4.03. The lowest BCUT2D eigenvalue weighted by molar-refractivity contribution is -0.916. The maximum Gasteiger partial charge on any atom is 0.110 e. The molecule has 0 unspecified atom stereocenters. The minimum absolute atomic E-state index is 0.944. The Bertz CT molecular complexity index is 192. The second kappa shape index (κ2) is 9.14. The molecule has 0 aliphatic rings. The summed E-state index contributed by atoms with van der Waals surface area (Å²) in [7, 11) is -0.944. The third-order valence-corrected chi connectivity index (χ3v) is 5.76. The van der Waals surface area contributed by atoms with Gasteiger partial charge in [-0.2, -0.15) is 0 Å². The van der Waals surface area contributed by atoms with Crippen LogP contribution in [0.4, 0.5) is 0 Å². The van der Waals surface area contributed by atoms with Crippen LogP contribution in [0.3, 0.4) is 0 Å². The number of unbranched alkanes of at least 4 members (excludes halogenated alkanes) is 5. The maximum absolute atomic E-state index is 2.52. The van der Waals surface area contributed by atoms with Crippen molar-refractivity contribution in [3.05, 3.63) is 0 Å². The normalized spacial score (nSPS) is 13.0. The number of quaternary nitrogens is 1. The molecule has 1 nitrogen and oxygen atoms in total. The van der Waals surface area contributed by atoms with Gasteiger partial charge in [0.25, 0.3) is 0 Å². The third kappa shape index (κ3) is 8.31. The molecule has 0 amide bonds. The highest BCUT2D eigenvalue weighted by atomic mass is 28.3. The summed E-state index contributed by atoms with van der Waals surface area (Å²) in [5.41, 5.74) is 0. The van der Waals surface area contributed by atoms with E-state index in [1.807, 2.05) is 0 Å². The van der Waals surface area contributed by atoms with E-state index in [0.717, 1.165) is 0 Å². The van der Waals surface area contributed by atoms with Crippen LogP contribution in [0.1, 0.15) is 59.3 Å². The second-order valence-corrected chi connectivity index (χ2v) is 12.6. The lowest BCUT2D eigenvalue weighted by atomic mass is 10.1. The topological polar surface area (TPSA) is 0 Å². The number of hydrogen-bond donors (Lipinski definition) is 0. The molecule has 2 heteroatoms. The van der Waals surface area contributed by atoms with E-state index in [1.54, 1.807) is 0 Å². The summed E-state index contributed by atoms with van der Waals surface area (Å²) in [5.74, 6) is 0. The molecule has 0 atom stereocenters. The summed E-state index contributed by atoms with van der Waals surface area (Å²) in [4.78, 5) is 0. The van der Waals surface area contributed by atoms with E-state index >= 15 is 0 Å². The van der Waals surface area contributed by atoms with Crippen molar-refractivity contribution in [1.82, 2.24) is 0 Å². The Kier molecular flexibility index (Phi) is 9.23. The largest absolute Gasteiger partial charge is 0.327 e. The molecule has 0 saturated carbocycles. The smallest absolute Gasteiger partial charge is 0.110 e. The molecule has 0 aromatic heterocycles. The molecule has 110 valence electrons. The lowest BCUT2D eigenvalue weighted by Gasteiger charge is -2.41. The number of rotatable bonds is 11. The second-order valence-electron chi connectivity index (χ2n) is 7.18. The van der Waals surface area contributed by atoms with Crippen LogP contribution in [0.5, 0.6) is 0 Å². The molecule has 0 saturated heterocycles. The molecule has 0 aromatic carbocycles. The number of hydrogen-bond acceptors (Lipinski definition) is 0. The molecule has 0 aliphatic carbocycles. The van der Waals surface area contributed by atoms with Gasteiger partial charge in [0.15, 0.2) is 0 Å². The van der Waals surface area contributed by atoms with Crippen LogP contribution >= 0.6 is 0 Å². The fourth-order valence-electron chi connectivity index (χ4n) is 3.08. The van der Waals surface area contributed by atoms with E-state index in [0.29, 0.717) is 0 Å². The molecule has 0 heterocycles. The van der Waals surface area contributed by atoms with Gasteiger partial charge in [-0.15, -0.1) is 0 Å². The van der Waals surface area contributed by atoms with Gasteiger partial charge in [0.2, 0.25) is 0 Å². The van der Waals surface area contributed by atoms with Gasteiger partial charge in [-0.1, -0.05) is 52.2 Å². The summed E-state index contributed by atoms with van der Waals surface area (Å²) < 4.78 is 1.38. The minimum Gasteiger partial charge on any atom is -0.327 e. The van der Waals surface area contributed by atoms with Crippen LogP contribution in [0.2, 0.25) is 19.6 Å². The first-order valence-corrected chi connectivity index (χ1v) is 11.9. The summed E-state index contributed by atoms with van der Waals surface area (Å²) in [6.45, 7) is 18.7. The molecule has 18 heavy (non-hydrogen) atoms. The van der Waals surface area contributed by atoms with Gasteiger partial charge in [-0.25, -0.2) is 0 Å². The molecule has 0 N–H and O–H groups in total. The highest BCUT2D eigenvalue weighted by Gasteiger charge is 2.30. The maximum atomic E-state index is 2.52. The molecule has 0 spiro atoms. The van der Waals surface area contributed by atoms with Crippen LogP contribution in [-0.4, -0.2) is 38.4 Å². The molecular formula is C16H38NSi+. The van der Waals surface area contributed by atoms with Gasteiger partial charge < -0.3 is 4.48 Å². The summed E-state index contributed by atoms with van der Waals surface area (Å²) in [6.07, 6.45) is 10.0. The molecule has 0 aliphatic heterocycles. The van der Waals surface area contributed by atoms with E-state index in [4.69, 9.17) is 0 Å². The van der Waals surface area contributed by atoms with E-state index in [2.05, 4.69) is 40.4 Å². The van der Waals surface area contributed by atoms with Gasteiger partial charge in [0.05, 0.1) is 25.8 Å². The van der Waals surface area contributed by atoms with E-state index < -0.39 is 8.07 Å². The minimum atomic E-state index is -0.944. The van der Waals surface area contributed by atoms with Gasteiger partial charge in [0, 0.05) is 0 Å². The first kappa shape index (κ1) is 18.2. The predicted molar refractivity (Wildman–Crippen MR) is 87.8 cm³/mol. The van der Waals surface area contributed by atoms with Gasteiger partial charge in [-0.05, 0) is 26.7 Å². The SMILES string of the molecule is CCCCCCCC[N+](CC)(CC)C[Si](C)(C)C. The lowest BCUT2D eigenvalue weighted by Crippen LogP contribution is -2.56. The Morgan fingerprint density at radius 2 is 1.22 bits per heavy atom. The number of nitrogens with zero attached hydrogens (tertiary/aromatic N) is 1. The van der Waals surface area contributed by atoms with Crippen molar-refractivity contribution < 1.29 is 4.48 Å². The fraction of sp³-hybridized carbons (Fsp3) is 1.00. The fourth-order valence-corrected chi connectivity index (χ4v) is 5.69. The van der Waals surface area contributed by atoms with Gasteiger partial charge in [0.1, 0.15) is 8.07 Å².